The summed E-state index contributed by atoms with van der Waals surface area (Å²) in [6, 6.07) is 14.3. The molecule has 1 aliphatic heterocycles. The Kier molecular flexibility index (Phi) is 4.85. The van der Waals surface area contributed by atoms with Gasteiger partial charge in [0.1, 0.15) is 12.1 Å². The molecule has 1 fully saturated rings. The first-order valence-electron chi connectivity index (χ1n) is 9.14. The van der Waals surface area contributed by atoms with E-state index in [4.69, 9.17) is 0 Å². The number of carboxylic acids is 1. The number of aliphatic carboxylic acids is 1. The average molecular weight is 396 g/mol. The maximum Gasteiger partial charge on any atom is 0.329 e. The lowest BCUT2D eigenvalue weighted by molar-refractivity contribution is -0.148. The first-order chi connectivity index (χ1) is 13.5. The maximum atomic E-state index is 12.9. The van der Waals surface area contributed by atoms with Crippen molar-refractivity contribution in [2.24, 2.45) is 0 Å². The van der Waals surface area contributed by atoms with Crippen LogP contribution in [0.15, 0.2) is 53.3 Å². The van der Waals surface area contributed by atoms with Gasteiger partial charge in [0.2, 0.25) is 5.91 Å². The van der Waals surface area contributed by atoms with E-state index in [-0.39, 0.29) is 17.9 Å². The van der Waals surface area contributed by atoms with Crippen molar-refractivity contribution < 1.29 is 14.7 Å². The summed E-state index contributed by atoms with van der Waals surface area (Å²) in [5.41, 5.74) is 0.0245. The fourth-order valence-electron chi connectivity index (χ4n) is 3.81. The van der Waals surface area contributed by atoms with Gasteiger partial charge in [0.15, 0.2) is 5.43 Å². The van der Waals surface area contributed by atoms with Crippen LogP contribution in [-0.4, -0.2) is 38.6 Å². The van der Waals surface area contributed by atoms with Crippen molar-refractivity contribution >= 4 is 45.4 Å². The summed E-state index contributed by atoms with van der Waals surface area (Å²) in [7, 11) is 0. The summed E-state index contributed by atoms with van der Waals surface area (Å²) >= 11 is 1.70. The van der Waals surface area contributed by atoms with E-state index in [2.05, 4.69) is 5.32 Å². The summed E-state index contributed by atoms with van der Waals surface area (Å²) in [5, 5.41) is 13.6. The van der Waals surface area contributed by atoms with Crippen molar-refractivity contribution in [2.45, 2.75) is 24.9 Å². The van der Waals surface area contributed by atoms with Gasteiger partial charge in [0.05, 0.1) is 11.0 Å². The van der Waals surface area contributed by atoms with Crippen LogP contribution in [0.2, 0.25) is 0 Å². The minimum atomic E-state index is -1.22. The fraction of sp³-hybridized carbons (Fsp3) is 0.286. The topological polar surface area (TPSA) is 88.4 Å². The Morgan fingerprint density at radius 2 is 1.54 bits per heavy atom. The number of fused-ring (bicyclic) bond motifs is 2. The number of amides is 1. The molecule has 2 heterocycles. The number of aromatic nitrogens is 1. The predicted molar refractivity (Wildman–Crippen MR) is 111 cm³/mol. The van der Waals surface area contributed by atoms with Crippen LogP contribution >= 0.6 is 11.8 Å². The van der Waals surface area contributed by atoms with Crippen molar-refractivity contribution in [3.05, 3.63) is 58.8 Å². The molecule has 0 unspecified atom stereocenters. The molecule has 0 radical (unpaired) electrons. The third-order valence-corrected chi connectivity index (χ3v) is 6.30. The number of hydrogen-bond acceptors (Lipinski definition) is 4. The van der Waals surface area contributed by atoms with E-state index in [1.54, 1.807) is 52.7 Å². The number of carbonyl (C=O) groups excluding carboxylic acids is 1. The Hall–Kier alpha value is -2.80. The zero-order valence-corrected chi connectivity index (χ0v) is 16.0. The van der Waals surface area contributed by atoms with Crippen LogP contribution in [0.5, 0.6) is 0 Å². The summed E-state index contributed by atoms with van der Waals surface area (Å²) in [4.78, 5) is 37.5. The second kappa shape index (κ2) is 7.31. The number of nitrogens with one attached hydrogen (secondary N) is 1. The van der Waals surface area contributed by atoms with E-state index in [9.17, 15) is 19.5 Å². The lowest BCUT2D eigenvalue weighted by atomic mass is 9.92. The van der Waals surface area contributed by atoms with E-state index in [1.165, 1.54) is 0 Å². The minimum Gasteiger partial charge on any atom is -0.480 e. The van der Waals surface area contributed by atoms with Crippen molar-refractivity contribution in [1.82, 2.24) is 9.88 Å². The number of hydrogen-bond donors (Lipinski definition) is 2. The first kappa shape index (κ1) is 18.6. The molecule has 144 valence electrons. The third kappa shape index (κ3) is 3.16. The SMILES string of the molecule is O=C(Cn1c2ccccc2c(=O)c2ccccc21)NC1(C(=O)O)CCSCC1. The molecule has 0 bridgehead atoms. The quantitative estimate of drug-likeness (QED) is 0.662. The standard InChI is InChI=1S/C21H20N2O4S/c24-18(22-21(20(26)27)9-11-28-12-10-21)13-23-16-7-3-1-5-14(16)19(25)15-6-2-4-8-17(15)23/h1-8H,9-13H2,(H,22,24)(H,26,27). The van der Waals surface area contributed by atoms with Gasteiger partial charge in [-0.2, -0.15) is 11.8 Å². The molecule has 0 atom stereocenters. The smallest absolute Gasteiger partial charge is 0.329 e. The van der Waals surface area contributed by atoms with E-state index < -0.39 is 11.5 Å². The second-order valence-electron chi connectivity index (χ2n) is 7.00. The molecular weight excluding hydrogens is 376 g/mol. The zero-order valence-electron chi connectivity index (χ0n) is 15.2. The van der Waals surface area contributed by atoms with Gasteiger partial charge in [-0.3, -0.25) is 9.59 Å². The molecule has 28 heavy (non-hydrogen) atoms. The normalized spacial score (nSPS) is 16.1. The Labute approximate surface area is 165 Å². The van der Waals surface area contributed by atoms with Gasteiger partial charge in [-0.1, -0.05) is 24.3 Å². The average Bonchev–Trinajstić information content (AvgIpc) is 2.71. The van der Waals surface area contributed by atoms with Crippen LogP contribution in [0.1, 0.15) is 12.8 Å². The van der Waals surface area contributed by atoms with Crippen LogP contribution in [0.25, 0.3) is 21.8 Å². The molecule has 1 amide bonds. The lowest BCUT2D eigenvalue weighted by Crippen LogP contribution is -2.57. The number of thioether (sulfide) groups is 1. The molecule has 1 saturated heterocycles. The Morgan fingerprint density at radius 3 is 2.07 bits per heavy atom. The highest BCUT2D eigenvalue weighted by atomic mass is 32.2. The van der Waals surface area contributed by atoms with Gasteiger partial charge < -0.3 is 15.0 Å². The van der Waals surface area contributed by atoms with Crippen LogP contribution in [0.3, 0.4) is 0 Å². The number of benzene rings is 2. The molecule has 1 aliphatic rings. The van der Waals surface area contributed by atoms with Crippen LogP contribution in [0.4, 0.5) is 0 Å². The van der Waals surface area contributed by atoms with Gasteiger partial charge in [-0.05, 0) is 48.6 Å². The highest BCUT2D eigenvalue weighted by Gasteiger charge is 2.41. The molecule has 0 saturated carbocycles. The zero-order chi connectivity index (χ0) is 19.7. The summed E-state index contributed by atoms with van der Waals surface area (Å²) in [6.45, 7) is -0.0521. The minimum absolute atomic E-state index is 0.0521. The largest absolute Gasteiger partial charge is 0.480 e. The van der Waals surface area contributed by atoms with E-state index in [1.807, 2.05) is 12.1 Å². The van der Waals surface area contributed by atoms with Crippen LogP contribution < -0.4 is 10.7 Å². The number of para-hydroxylation sites is 2. The number of rotatable bonds is 4. The monoisotopic (exact) mass is 396 g/mol. The maximum absolute atomic E-state index is 12.9. The van der Waals surface area contributed by atoms with E-state index in [0.717, 1.165) is 0 Å². The number of pyridine rings is 1. The van der Waals surface area contributed by atoms with E-state index >= 15 is 0 Å². The third-order valence-electron chi connectivity index (χ3n) is 5.32. The molecule has 0 aliphatic carbocycles. The Morgan fingerprint density at radius 1 is 1.00 bits per heavy atom. The summed E-state index contributed by atoms with van der Waals surface area (Å²) < 4.78 is 1.79. The van der Waals surface area contributed by atoms with Crippen LogP contribution in [-0.2, 0) is 16.1 Å². The fourth-order valence-corrected chi connectivity index (χ4v) is 5.00. The van der Waals surface area contributed by atoms with Gasteiger partial charge in [-0.25, -0.2) is 4.79 Å². The van der Waals surface area contributed by atoms with E-state index in [0.29, 0.717) is 46.2 Å². The number of carbonyl (C=O) groups is 2. The molecule has 7 heteroatoms. The van der Waals surface area contributed by atoms with Crippen LogP contribution in [0, 0.1) is 0 Å². The molecular formula is C21H20N2O4S. The second-order valence-corrected chi connectivity index (χ2v) is 8.22. The Bertz CT molecular complexity index is 1070. The Balaban J connectivity index is 1.76. The lowest BCUT2D eigenvalue weighted by Gasteiger charge is -2.33. The molecule has 2 N–H and O–H groups in total. The number of carboxylic acid groups (broad SMARTS) is 1. The summed E-state index contributed by atoms with van der Waals surface area (Å²) in [5.74, 6) is 0.0523. The van der Waals surface area contributed by atoms with Gasteiger partial charge in [-0.15, -0.1) is 0 Å². The highest BCUT2D eigenvalue weighted by molar-refractivity contribution is 7.99. The molecule has 2 aromatic carbocycles. The predicted octanol–water partition coefficient (Wildman–Crippen LogP) is 2.62. The molecule has 4 rings (SSSR count). The summed E-state index contributed by atoms with van der Waals surface area (Å²) in [6.07, 6.45) is 0.814. The molecule has 0 spiro atoms. The van der Waals surface area contributed by atoms with Gasteiger partial charge >= 0.3 is 5.97 Å². The molecule has 3 aromatic rings. The van der Waals surface area contributed by atoms with Crippen molar-refractivity contribution in [3.8, 4) is 0 Å². The molecule has 6 nitrogen and oxygen atoms in total. The highest BCUT2D eigenvalue weighted by Crippen LogP contribution is 2.27. The van der Waals surface area contributed by atoms with Gasteiger partial charge in [0, 0.05) is 10.8 Å². The van der Waals surface area contributed by atoms with Crippen molar-refractivity contribution in [3.63, 3.8) is 0 Å². The van der Waals surface area contributed by atoms with Crippen molar-refractivity contribution in [2.75, 3.05) is 11.5 Å². The number of nitrogens with zero attached hydrogens (tertiary/aromatic N) is 1. The van der Waals surface area contributed by atoms with Crippen molar-refractivity contribution in [1.29, 1.82) is 0 Å². The van der Waals surface area contributed by atoms with Gasteiger partial charge in [0.25, 0.3) is 0 Å². The first-order valence-corrected chi connectivity index (χ1v) is 10.3. The molecule has 1 aromatic heterocycles.